The van der Waals surface area contributed by atoms with Gasteiger partial charge in [0.05, 0.1) is 29.6 Å². The Morgan fingerprint density at radius 1 is 1.12 bits per heavy atom. The summed E-state index contributed by atoms with van der Waals surface area (Å²) < 4.78 is 4.15. The van der Waals surface area contributed by atoms with Crippen LogP contribution >= 0.6 is 11.6 Å². The van der Waals surface area contributed by atoms with E-state index >= 15 is 0 Å². The van der Waals surface area contributed by atoms with E-state index in [2.05, 4.69) is 69.0 Å². The Bertz CT molecular complexity index is 1420. The normalized spacial score (nSPS) is 16.7. The molecule has 0 aliphatic carbocycles. The number of anilines is 1. The Kier molecular flexibility index (Phi) is 4.94. The standard InChI is InChI=1S/C26H24ClN7/c1-31(2)21-9-10-32(15-21)20-7-8-23-19(11-20)14-33-24(26-30-29-16-34(23)26)12-22(25(33)27)18-5-3-17(13-28)4-6-18/h3-8,11-12,16,21H,9-10,14-15H2,1-2H3/t21-/m0/s1. The molecule has 170 valence electrons. The summed E-state index contributed by atoms with van der Waals surface area (Å²) in [7, 11) is 4.31. The van der Waals surface area contributed by atoms with E-state index in [1.54, 1.807) is 6.33 Å². The summed E-state index contributed by atoms with van der Waals surface area (Å²) in [5, 5.41) is 18.4. The molecule has 4 aromatic rings. The molecule has 2 aromatic carbocycles. The molecule has 6 rings (SSSR count). The molecule has 1 fully saturated rings. The number of halogens is 1. The summed E-state index contributed by atoms with van der Waals surface area (Å²) in [4.78, 5) is 4.77. The molecule has 1 saturated heterocycles. The van der Waals surface area contributed by atoms with Crippen molar-refractivity contribution < 1.29 is 0 Å². The first-order chi connectivity index (χ1) is 16.5. The molecule has 2 aliphatic rings. The summed E-state index contributed by atoms with van der Waals surface area (Å²) in [6.45, 7) is 2.72. The van der Waals surface area contributed by atoms with Crippen LogP contribution < -0.4 is 4.90 Å². The third kappa shape index (κ3) is 3.30. The largest absolute Gasteiger partial charge is 0.370 e. The lowest BCUT2D eigenvalue weighted by Gasteiger charge is -2.23. The fourth-order valence-electron chi connectivity index (χ4n) is 5.08. The predicted octanol–water partition coefficient (Wildman–Crippen LogP) is 4.43. The van der Waals surface area contributed by atoms with Crippen molar-refractivity contribution in [1.82, 2.24) is 24.2 Å². The van der Waals surface area contributed by atoms with Crippen molar-refractivity contribution in [3.8, 4) is 34.4 Å². The van der Waals surface area contributed by atoms with Crippen LogP contribution in [0.4, 0.5) is 5.69 Å². The molecule has 2 aromatic heterocycles. The summed E-state index contributed by atoms with van der Waals surface area (Å²) >= 11 is 6.97. The molecule has 0 amide bonds. The highest BCUT2D eigenvalue weighted by Gasteiger charge is 2.28. The first-order valence-electron chi connectivity index (χ1n) is 11.4. The number of benzene rings is 2. The second-order valence-corrected chi connectivity index (χ2v) is 9.56. The van der Waals surface area contributed by atoms with Gasteiger partial charge in [-0.05, 0) is 68.0 Å². The summed E-state index contributed by atoms with van der Waals surface area (Å²) in [5.41, 5.74) is 6.92. The van der Waals surface area contributed by atoms with Gasteiger partial charge in [0.25, 0.3) is 0 Å². The highest BCUT2D eigenvalue weighted by molar-refractivity contribution is 6.32. The summed E-state index contributed by atoms with van der Waals surface area (Å²) in [6, 6.07) is 19.0. The van der Waals surface area contributed by atoms with Gasteiger partial charge in [-0.25, -0.2) is 0 Å². The van der Waals surface area contributed by atoms with Crippen LogP contribution in [0.1, 0.15) is 17.5 Å². The Morgan fingerprint density at radius 2 is 1.94 bits per heavy atom. The number of hydrogen-bond acceptors (Lipinski definition) is 5. The number of rotatable bonds is 3. The molecule has 8 heteroatoms. The molecule has 4 heterocycles. The maximum Gasteiger partial charge on any atom is 0.185 e. The molecular weight excluding hydrogens is 446 g/mol. The van der Waals surface area contributed by atoms with E-state index in [9.17, 15) is 0 Å². The Balaban J connectivity index is 1.43. The van der Waals surface area contributed by atoms with Gasteiger partial charge in [-0.1, -0.05) is 23.7 Å². The van der Waals surface area contributed by atoms with E-state index in [-0.39, 0.29) is 0 Å². The van der Waals surface area contributed by atoms with Gasteiger partial charge in [-0.2, -0.15) is 5.26 Å². The van der Waals surface area contributed by atoms with Crippen molar-refractivity contribution in [1.29, 1.82) is 5.26 Å². The second-order valence-electron chi connectivity index (χ2n) is 9.20. The van der Waals surface area contributed by atoms with Crippen molar-refractivity contribution in [2.45, 2.75) is 19.0 Å². The van der Waals surface area contributed by atoms with Gasteiger partial charge in [0, 0.05) is 30.4 Å². The molecule has 0 unspecified atom stereocenters. The highest BCUT2D eigenvalue weighted by atomic mass is 35.5. The van der Waals surface area contributed by atoms with Gasteiger partial charge in [0.15, 0.2) is 5.82 Å². The van der Waals surface area contributed by atoms with Gasteiger partial charge in [0.2, 0.25) is 0 Å². The average molecular weight is 470 g/mol. The van der Waals surface area contributed by atoms with Crippen molar-refractivity contribution in [2.24, 2.45) is 0 Å². The Morgan fingerprint density at radius 3 is 2.68 bits per heavy atom. The fourth-order valence-corrected chi connectivity index (χ4v) is 5.39. The fraction of sp³-hybridized carbons (Fsp3) is 0.269. The van der Waals surface area contributed by atoms with E-state index in [4.69, 9.17) is 16.9 Å². The van der Waals surface area contributed by atoms with Crippen molar-refractivity contribution in [3.05, 3.63) is 71.1 Å². The van der Waals surface area contributed by atoms with Crippen LogP contribution in [-0.2, 0) is 6.54 Å². The number of likely N-dealkylation sites (N-methyl/N-ethyl adjacent to an activating group) is 1. The van der Waals surface area contributed by atoms with Crippen LogP contribution in [0.15, 0.2) is 54.9 Å². The Labute approximate surface area is 203 Å². The lowest BCUT2D eigenvalue weighted by molar-refractivity contribution is 0.315. The van der Waals surface area contributed by atoms with Crippen LogP contribution in [0.2, 0.25) is 5.15 Å². The number of nitrogens with zero attached hydrogens (tertiary/aromatic N) is 7. The van der Waals surface area contributed by atoms with Crippen molar-refractivity contribution in [2.75, 3.05) is 32.1 Å². The molecule has 0 bridgehead atoms. The number of nitriles is 1. The lowest BCUT2D eigenvalue weighted by atomic mass is 10.1. The molecule has 34 heavy (non-hydrogen) atoms. The van der Waals surface area contributed by atoms with E-state index in [1.165, 1.54) is 17.7 Å². The average Bonchev–Trinajstić information content (AvgIpc) is 3.58. The molecule has 1 atom stereocenters. The van der Waals surface area contributed by atoms with Crippen LogP contribution in [0.5, 0.6) is 0 Å². The second kappa shape index (κ2) is 8.01. The quantitative estimate of drug-likeness (QED) is 0.391. The number of aromatic nitrogens is 4. The Hall–Kier alpha value is -3.60. The zero-order valence-corrected chi connectivity index (χ0v) is 19.9. The van der Waals surface area contributed by atoms with E-state index in [0.29, 0.717) is 23.3 Å². The van der Waals surface area contributed by atoms with E-state index < -0.39 is 0 Å². The first-order valence-corrected chi connectivity index (χ1v) is 11.8. The van der Waals surface area contributed by atoms with Crippen LogP contribution in [0.3, 0.4) is 0 Å². The SMILES string of the molecule is CN(C)[C@H]1CCN(c2ccc3c(c2)Cn2c(cc(-c4ccc(C#N)cc4)c2Cl)-c2nncn2-3)C1. The van der Waals surface area contributed by atoms with Gasteiger partial charge >= 0.3 is 0 Å². The topological polar surface area (TPSA) is 65.9 Å². The minimum atomic E-state index is 0.573. The predicted molar refractivity (Wildman–Crippen MR) is 133 cm³/mol. The molecule has 0 spiro atoms. The molecule has 7 nitrogen and oxygen atoms in total. The monoisotopic (exact) mass is 469 g/mol. The zero-order valence-electron chi connectivity index (χ0n) is 19.1. The molecule has 2 aliphatic heterocycles. The maximum absolute atomic E-state index is 9.13. The molecular formula is C26H24ClN7. The molecule has 0 saturated carbocycles. The molecule has 0 radical (unpaired) electrons. The minimum Gasteiger partial charge on any atom is -0.370 e. The highest BCUT2D eigenvalue weighted by Crippen LogP contribution is 2.40. The van der Waals surface area contributed by atoms with Crippen LogP contribution in [0.25, 0.3) is 28.3 Å². The van der Waals surface area contributed by atoms with Crippen LogP contribution in [-0.4, -0.2) is 57.5 Å². The van der Waals surface area contributed by atoms with Gasteiger partial charge in [-0.15, -0.1) is 10.2 Å². The first kappa shape index (κ1) is 21.0. The third-order valence-corrected chi connectivity index (χ3v) is 7.45. The molecule has 0 N–H and O–H groups in total. The van der Waals surface area contributed by atoms with Crippen LogP contribution in [0, 0.1) is 11.3 Å². The summed E-state index contributed by atoms with van der Waals surface area (Å²) in [5.74, 6) is 0.766. The van der Waals surface area contributed by atoms with Crippen molar-refractivity contribution in [3.63, 3.8) is 0 Å². The van der Waals surface area contributed by atoms with E-state index in [1.807, 2.05) is 28.8 Å². The third-order valence-electron chi connectivity index (χ3n) is 7.04. The van der Waals surface area contributed by atoms with E-state index in [0.717, 1.165) is 41.4 Å². The minimum absolute atomic E-state index is 0.573. The summed E-state index contributed by atoms with van der Waals surface area (Å²) in [6.07, 6.45) is 2.94. The lowest BCUT2D eigenvalue weighted by Crippen LogP contribution is -2.31. The maximum atomic E-state index is 9.13. The number of fused-ring (bicyclic) bond motifs is 5. The van der Waals surface area contributed by atoms with Gasteiger partial charge in [0.1, 0.15) is 11.5 Å². The van der Waals surface area contributed by atoms with Crippen molar-refractivity contribution >= 4 is 17.3 Å². The number of hydrogen-bond donors (Lipinski definition) is 0. The van der Waals surface area contributed by atoms with Gasteiger partial charge < -0.3 is 14.4 Å². The van der Waals surface area contributed by atoms with Gasteiger partial charge in [-0.3, -0.25) is 4.57 Å². The smallest absolute Gasteiger partial charge is 0.185 e. The zero-order chi connectivity index (χ0) is 23.4.